The zero-order chi connectivity index (χ0) is 7.40. The molecule has 0 aliphatic carbocycles. The van der Waals surface area contributed by atoms with Crippen molar-refractivity contribution in [3.05, 3.63) is 12.3 Å². The zero-order valence-electron chi connectivity index (χ0n) is 6.20. The summed E-state index contributed by atoms with van der Waals surface area (Å²) < 4.78 is 9.89. The number of aromatic nitrogens is 1. The first-order chi connectivity index (χ1) is 4.79. The van der Waals surface area contributed by atoms with Gasteiger partial charge in [-0.1, -0.05) is 19.0 Å². The van der Waals surface area contributed by atoms with Crippen molar-refractivity contribution in [1.29, 1.82) is 0 Å². The highest BCUT2D eigenvalue weighted by Gasteiger charge is 1.98. The predicted molar refractivity (Wildman–Crippen MR) is 36.8 cm³/mol. The standard InChI is InChI=1S/C7H11NO2/c1-6(2)5-9-7-3-4-8-10-7/h3-4,6H,5H2,1-2H3. The molecule has 3 nitrogen and oxygen atoms in total. The van der Waals surface area contributed by atoms with Crippen molar-refractivity contribution in [3.8, 4) is 5.95 Å². The second-order valence-electron chi connectivity index (χ2n) is 2.54. The smallest absolute Gasteiger partial charge is 0.311 e. The van der Waals surface area contributed by atoms with E-state index in [4.69, 9.17) is 9.26 Å². The summed E-state index contributed by atoms with van der Waals surface area (Å²) >= 11 is 0. The minimum atomic E-state index is 0.494. The van der Waals surface area contributed by atoms with Gasteiger partial charge in [0.1, 0.15) is 0 Å². The third kappa shape index (κ3) is 2.09. The minimum absolute atomic E-state index is 0.494. The van der Waals surface area contributed by atoms with E-state index in [0.717, 1.165) is 0 Å². The summed E-state index contributed by atoms with van der Waals surface area (Å²) in [4.78, 5) is 0. The van der Waals surface area contributed by atoms with Gasteiger partial charge in [0.2, 0.25) is 0 Å². The summed E-state index contributed by atoms with van der Waals surface area (Å²) in [5, 5.41) is 3.50. The average Bonchev–Trinajstić information content (AvgIpc) is 2.34. The van der Waals surface area contributed by atoms with Crippen LogP contribution in [0.2, 0.25) is 0 Å². The van der Waals surface area contributed by atoms with Crippen molar-refractivity contribution in [2.45, 2.75) is 13.8 Å². The lowest BCUT2D eigenvalue weighted by molar-refractivity contribution is 0.190. The maximum atomic E-state index is 5.18. The molecular formula is C7H11NO2. The van der Waals surface area contributed by atoms with E-state index in [2.05, 4.69) is 19.0 Å². The van der Waals surface area contributed by atoms with Gasteiger partial charge in [0.15, 0.2) is 0 Å². The fourth-order valence-corrected chi connectivity index (χ4v) is 0.527. The largest absolute Gasteiger partial charge is 0.464 e. The van der Waals surface area contributed by atoms with E-state index in [0.29, 0.717) is 18.5 Å². The first kappa shape index (κ1) is 7.12. The average molecular weight is 141 g/mol. The second-order valence-corrected chi connectivity index (χ2v) is 2.54. The number of hydrogen-bond donors (Lipinski definition) is 0. The number of hydrogen-bond acceptors (Lipinski definition) is 3. The highest BCUT2D eigenvalue weighted by molar-refractivity contribution is 4.98. The van der Waals surface area contributed by atoms with E-state index in [1.807, 2.05) is 0 Å². The Morgan fingerprint density at radius 1 is 1.70 bits per heavy atom. The molecule has 0 atom stereocenters. The molecule has 0 aromatic carbocycles. The van der Waals surface area contributed by atoms with Crippen LogP contribution in [0.1, 0.15) is 13.8 Å². The van der Waals surface area contributed by atoms with Crippen molar-refractivity contribution in [3.63, 3.8) is 0 Å². The maximum Gasteiger partial charge on any atom is 0.311 e. The van der Waals surface area contributed by atoms with Crippen molar-refractivity contribution in [1.82, 2.24) is 5.16 Å². The molecule has 56 valence electrons. The van der Waals surface area contributed by atoms with E-state index in [-0.39, 0.29) is 0 Å². The van der Waals surface area contributed by atoms with Gasteiger partial charge in [-0.15, -0.1) is 0 Å². The molecule has 1 aromatic heterocycles. The van der Waals surface area contributed by atoms with Crippen LogP contribution in [0.3, 0.4) is 0 Å². The van der Waals surface area contributed by atoms with Crippen LogP contribution >= 0.6 is 0 Å². The van der Waals surface area contributed by atoms with E-state index in [1.54, 1.807) is 12.3 Å². The van der Waals surface area contributed by atoms with Gasteiger partial charge in [-0.25, -0.2) is 0 Å². The summed E-state index contributed by atoms with van der Waals surface area (Å²) in [6.45, 7) is 4.84. The van der Waals surface area contributed by atoms with Gasteiger partial charge in [0.05, 0.1) is 12.8 Å². The third-order valence-corrected chi connectivity index (χ3v) is 0.973. The Hall–Kier alpha value is -0.990. The molecule has 10 heavy (non-hydrogen) atoms. The van der Waals surface area contributed by atoms with Gasteiger partial charge in [-0.2, -0.15) is 0 Å². The molecule has 1 rings (SSSR count). The SMILES string of the molecule is CC(C)COc1ccno1. The van der Waals surface area contributed by atoms with Crippen LogP contribution in [0.15, 0.2) is 16.8 Å². The highest BCUT2D eigenvalue weighted by atomic mass is 16.6. The van der Waals surface area contributed by atoms with Crippen LogP contribution in [-0.4, -0.2) is 11.8 Å². The predicted octanol–water partition coefficient (Wildman–Crippen LogP) is 1.71. The van der Waals surface area contributed by atoms with Crippen molar-refractivity contribution in [2.24, 2.45) is 5.92 Å². The first-order valence-corrected chi connectivity index (χ1v) is 3.32. The molecule has 0 aliphatic heterocycles. The van der Waals surface area contributed by atoms with Crippen molar-refractivity contribution < 1.29 is 9.26 Å². The Balaban J connectivity index is 2.28. The monoisotopic (exact) mass is 141 g/mol. The van der Waals surface area contributed by atoms with E-state index in [9.17, 15) is 0 Å². The van der Waals surface area contributed by atoms with Crippen LogP contribution in [0.4, 0.5) is 0 Å². The Kier molecular flexibility index (Phi) is 2.31. The molecule has 0 N–H and O–H groups in total. The summed E-state index contributed by atoms with van der Waals surface area (Å²) in [5.41, 5.74) is 0. The molecule has 0 spiro atoms. The molecule has 0 bridgehead atoms. The molecular weight excluding hydrogens is 130 g/mol. The lowest BCUT2D eigenvalue weighted by atomic mass is 10.2. The van der Waals surface area contributed by atoms with Crippen molar-refractivity contribution in [2.75, 3.05) is 6.61 Å². The zero-order valence-corrected chi connectivity index (χ0v) is 6.20. The lowest BCUT2D eigenvalue weighted by Gasteiger charge is -2.02. The van der Waals surface area contributed by atoms with Gasteiger partial charge in [0.25, 0.3) is 0 Å². The molecule has 1 aromatic rings. The molecule has 1 heterocycles. The summed E-state index contributed by atoms with van der Waals surface area (Å²) in [6, 6.07) is 1.70. The lowest BCUT2D eigenvalue weighted by Crippen LogP contribution is -2.03. The van der Waals surface area contributed by atoms with Gasteiger partial charge in [0, 0.05) is 6.07 Å². The van der Waals surface area contributed by atoms with Crippen LogP contribution in [0.25, 0.3) is 0 Å². The second kappa shape index (κ2) is 3.25. The van der Waals surface area contributed by atoms with Crippen LogP contribution in [0, 0.1) is 5.92 Å². The first-order valence-electron chi connectivity index (χ1n) is 3.32. The fourth-order valence-electron chi connectivity index (χ4n) is 0.527. The minimum Gasteiger partial charge on any atom is -0.464 e. The van der Waals surface area contributed by atoms with Crippen LogP contribution in [0.5, 0.6) is 5.95 Å². The molecule has 0 radical (unpaired) electrons. The Bertz CT molecular complexity index is 170. The molecule has 0 saturated carbocycles. The molecule has 0 aliphatic rings. The Labute approximate surface area is 60.0 Å². The summed E-state index contributed by atoms with van der Waals surface area (Å²) in [5.74, 6) is 1.01. The molecule has 0 saturated heterocycles. The van der Waals surface area contributed by atoms with Gasteiger partial charge < -0.3 is 9.26 Å². The molecule has 0 fully saturated rings. The normalized spacial score (nSPS) is 10.3. The van der Waals surface area contributed by atoms with E-state index in [1.165, 1.54) is 0 Å². The number of rotatable bonds is 3. The van der Waals surface area contributed by atoms with E-state index < -0.39 is 0 Å². The Morgan fingerprint density at radius 2 is 2.50 bits per heavy atom. The van der Waals surface area contributed by atoms with Gasteiger partial charge in [-0.3, -0.25) is 0 Å². The molecule has 3 heteroatoms. The topological polar surface area (TPSA) is 35.3 Å². The maximum absolute atomic E-state index is 5.18. The third-order valence-electron chi connectivity index (χ3n) is 0.973. The van der Waals surface area contributed by atoms with Crippen LogP contribution < -0.4 is 4.74 Å². The quantitative estimate of drug-likeness (QED) is 0.642. The van der Waals surface area contributed by atoms with Gasteiger partial charge in [-0.05, 0) is 5.92 Å². The fraction of sp³-hybridized carbons (Fsp3) is 0.571. The molecule has 0 unspecified atom stereocenters. The van der Waals surface area contributed by atoms with E-state index >= 15 is 0 Å². The van der Waals surface area contributed by atoms with Gasteiger partial charge >= 0.3 is 5.95 Å². The number of ether oxygens (including phenoxy) is 1. The van der Waals surface area contributed by atoms with Crippen LogP contribution in [-0.2, 0) is 0 Å². The Morgan fingerprint density at radius 3 is 3.00 bits per heavy atom. The van der Waals surface area contributed by atoms with Crippen molar-refractivity contribution >= 4 is 0 Å². The summed E-state index contributed by atoms with van der Waals surface area (Å²) in [6.07, 6.45) is 1.57. The molecule has 0 amide bonds. The highest BCUT2D eigenvalue weighted by Crippen LogP contribution is 2.08. The number of nitrogens with zero attached hydrogens (tertiary/aromatic N) is 1. The summed E-state index contributed by atoms with van der Waals surface area (Å²) in [7, 11) is 0.